The molecule has 5 rings (SSSR count). The van der Waals surface area contributed by atoms with Crippen LogP contribution < -0.4 is 19.4 Å². The van der Waals surface area contributed by atoms with E-state index in [4.69, 9.17) is 19.3 Å². The second-order valence-corrected chi connectivity index (χ2v) is 12.4. The number of hydrogen-bond acceptors (Lipinski definition) is 9. The van der Waals surface area contributed by atoms with Gasteiger partial charge in [0.1, 0.15) is 5.82 Å². The number of benzene rings is 1. The van der Waals surface area contributed by atoms with Gasteiger partial charge >= 0.3 is 24.4 Å². The number of nitrogens with zero attached hydrogens (tertiary/aromatic N) is 5. The van der Waals surface area contributed by atoms with Crippen molar-refractivity contribution in [1.29, 1.82) is 0 Å². The average molecular weight is 740 g/mol. The lowest BCUT2D eigenvalue weighted by atomic mass is 9.91. The number of hydrogen-bond donors (Lipinski definition) is 1. The Labute approximate surface area is 296 Å². The van der Waals surface area contributed by atoms with Gasteiger partial charge in [-0.3, -0.25) is 9.69 Å². The number of anilines is 3. The molecule has 1 fully saturated rings. The van der Waals surface area contributed by atoms with E-state index in [1.807, 2.05) is 11.8 Å². The molecule has 1 saturated heterocycles. The number of pyridine rings is 2. The number of carbonyl (C=O) groups excluding carboxylic acids is 1. The Kier molecular flexibility index (Phi) is 12.0. The molecular formula is C35H39F6N5O6. The number of amides is 1. The van der Waals surface area contributed by atoms with Crippen LogP contribution in [0.2, 0.25) is 0 Å². The van der Waals surface area contributed by atoms with Crippen molar-refractivity contribution in [3.63, 3.8) is 0 Å². The number of carbonyl (C=O) groups is 2. The summed E-state index contributed by atoms with van der Waals surface area (Å²) in [6.07, 6.45) is -8.13. The van der Waals surface area contributed by atoms with Crippen LogP contribution in [0, 0.1) is 0 Å². The molecule has 1 aromatic carbocycles. The van der Waals surface area contributed by atoms with Crippen molar-refractivity contribution >= 4 is 29.3 Å². The van der Waals surface area contributed by atoms with Crippen LogP contribution in [-0.4, -0.2) is 73.2 Å². The van der Waals surface area contributed by atoms with E-state index in [1.54, 1.807) is 29.3 Å². The van der Waals surface area contributed by atoms with Crippen LogP contribution in [0.25, 0.3) is 0 Å². The maximum atomic E-state index is 13.9. The Morgan fingerprint density at radius 3 is 2.27 bits per heavy atom. The first kappa shape index (κ1) is 38.4. The van der Waals surface area contributed by atoms with E-state index in [0.717, 1.165) is 5.69 Å². The van der Waals surface area contributed by atoms with Crippen molar-refractivity contribution in [2.45, 2.75) is 70.0 Å². The average Bonchev–Trinajstić information content (AvgIpc) is 3.12. The Bertz CT molecular complexity index is 1670. The molecule has 0 radical (unpaired) electrons. The quantitative estimate of drug-likeness (QED) is 0.148. The molecule has 52 heavy (non-hydrogen) atoms. The zero-order valence-corrected chi connectivity index (χ0v) is 28.5. The first-order chi connectivity index (χ1) is 24.7. The molecule has 17 heteroatoms. The van der Waals surface area contributed by atoms with Gasteiger partial charge in [-0.15, -0.1) is 0 Å². The van der Waals surface area contributed by atoms with Crippen LogP contribution >= 0.6 is 0 Å². The third kappa shape index (κ3) is 9.16. The van der Waals surface area contributed by atoms with Gasteiger partial charge in [0, 0.05) is 38.2 Å². The van der Waals surface area contributed by atoms with E-state index in [0.29, 0.717) is 63.4 Å². The normalized spacial score (nSPS) is 17.8. The fourth-order valence-electron chi connectivity index (χ4n) is 6.38. The van der Waals surface area contributed by atoms with Gasteiger partial charge in [-0.2, -0.15) is 26.3 Å². The molecule has 4 heterocycles. The zero-order chi connectivity index (χ0) is 37.6. The molecule has 2 aliphatic rings. The molecule has 2 aromatic heterocycles. The molecule has 2 aliphatic heterocycles. The highest BCUT2D eigenvalue weighted by atomic mass is 19.4. The second kappa shape index (κ2) is 16.3. The first-order valence-electron chi connectivity index (χ1n) is 16.8. The smallest absolute Gasteiger partial charge is 0.416 e. The van der Waals surface area contributed by atoms with Crippen LogP contribution in [0.5, 0.6) is 5.88 Å². The summed E-state index contributed by atoms with van der Waals surface area (Å²) in [5, 5.41) is 8.91. The number of halogens is 6. The molecule has 0 bridgehead atoms. The number of ether oxygens (including phenoxy) is 3. The molecule has 0 spiro atoms. The van der Waals surface area contributed by atoms with E-state index in [2.05, 4.69) is 9.97 Å². The molecule has 0 aliphatic carbocycles. The molecule has 1 N–H and O–H groups in total. The number of aliphatic carboxylic acids is 1. The van der Waals surface area contributed by atoms with Crippen molar-refractivity contribution in [2.24, 2.45) is 0 Å². The maximum absolute atomic E-state index is 13.9. The van der Waals surface area contributed by atoms with Gasteiger partial charge in [0.2, 0.25) is 5.88 Å². The summed E-state index contributed by atoms with van der Waals surface area (Å²) >= 11 is 0. The summed E-state index contributed by atoms with van der Waals surface area (Å²) < 4.78 is 99.9. The number of methoxy groups -OCH3 is 1. The van der Waals surface area contributed by atoms with Crippen LogP contribution in [0.4, 0.5) is 48.3 Å². The number of fused-ring (bicyclic) bond motifs is 1. The summed E-state index contributed by atoms with van der Waals surface area (Å²) in [7, 11) is 1.38. The summed E-state index contributed by atoms with van der Waals surface area (Å²) in [5.74, 6) is -0.550. The molecule has 282 valence electrons. The summed E-state index contributed by atoms with van der Waals surface area (Å²) in [6.45, 7) is 3.61. The Morgan fingerprint density at radius 2 is 1.69 bits per heavy atom. The van der Waals surface area contributed by atoms with Crippen molar-refractivity contribution in [3.05, 3.63) is 71.0 Å². The predicted molar refractivity (Wildman–Crippen MR) is 177 cm³/mol. The largest absolute Gasteiger partial charge is 0.481 e. The van der Waals surface area contributed by atoms with E-state index in [9.17, 15) is 35.9 Å². The fraction of sp³-hybridized carbons (Fsp3) is 0.486. The monoisotopic (exact) mass is 739 g/mol. The zero-order valence-electron chi connectivity index (χ0n) is 28.5. The van der Waals surface area contributed by atoms with Crippen LogP contribution in [0.3, 0.4) is 0 Å². The highest BCUT2D eigenvalue weighted by Gasteiger charge is 2.42. The van der Waals surface area contributed by atoms with Crippen molar-refractivity contribution < 1.29 is 55.2 Å². The van der Waals surface area contributed by atoms with E-state index >= 15 is 0 Å². The number of unbranched alkanes of at least 4 members (excludes halogenated alkanes) is 1. The third-order valence-electron chi connectivity index (χ3n) is 8.98. The van der Waals surface area contributed by atoms with Crippen LogP contribution in [-0.2, 0) is 33.2 Å². The van der Waals surface area contributed by atoms with Crippen LogP contribution in [0.1, 0.15) is 67.5 Å². The van der Waals surface area contributed by atoms with Gasteiger partial charge in [-0.05, 0) is 67.6 Å². The Morgan fingerprint density at radius 1 is 1.00 bits per heavy atom. The molecule has 2 atom stereocenters. The lowest BCUT2D eigenvalue weighted by Crippen LogP contribution is -2.48. The van der Waals surface area contributed by atoms with Crippen molar-refractivity contribution in [2.75, 3.05) is 54.7 Å². The number of alkyl halides is 6. The van der Waals surface area contributed by atoms with Gasteiger partial charge in [-0.25, -0.2) is 14.8 Å². The summed E-state index contributed by atoms with van der Waals surface area (Å²) in [4.78, 5) is 38.8. The fourth-order valence-corrected chi connectivity index (χ4v) is 6.38. The number of morpholine rings is 1. The Balaban J connectivity index is 1.59. The van der Waals surface area contributed by atoms with Gasteiger partial charge < -0.3 is 29.1 Å². The SMILES string of the molecule is CC[C@@H]1CC(N(Cc2cc(C(F)(F)F)cc(C(F)(F)F)c2)c2ccc(N3CCOCC3)cn2)c2nc(OC)ccc2N1C(=O)OCCCCC(=O)O. The molecule has 1 unspecified atom stereocenters. The molecule has 0 saturated carbocycles. The number of carboxylic acid groups (broad SMARTS) is 1. The van der Waals surface area contributed by atoms with Crippen molar-refractivity contribution in [1.82, 2.24) is 9.97 Å². The molecular weight excluding hydrogens is 700 g/mol. The van der Waals surface area contributed by atoms with E-state index in [-0.39, 0.29) is 48.5 Å². The minimum absolute atomic E-state index is 0.0377. The number of rotatable bonds is 12. The van der Waals surface area contributed by atoms with Crippen LogP contribution in [0.15, 0.2) is 48.7 Å². The predicted octanol–water partition coefficient (Wildman–Crippen LogP) is 7.49. The first-order valence-corrected chi connectivity index (χ1v) is 16.8. The van der Waals surface area contributed by atoms with E-state index in [1.165, 1.54) is 18.1 Å². The topological polar surface area (TPSA) is 118 Å². The number of carboxylic acids is 1. The third-order valence-corrected chi connectivity index (χ3v) is 8.98. The summed E-state index contributed by atoms with van der Waals surface area (Å²) in [5.41, 5.74) is -1.80. The second-order valence-electron chi connectivity index (χ2n) is 12.4. The van der Waals surface area contributed by atoms with Gasteiger partial charge in [-0.1, -0.05) is 6.92 Å². The minimum atomic E-state index is -5.05. The molecule has 1 amide bonds. The number of aromatic nitrogens is 2. The lowest BCUT2D eigenvalue weighted by Gasteiger charge is -2.43. The Hall–Kier alpha value is -4.80. The standard InChI is InChI=1S/C35H39F6N5O6/c1-3-25-19-28(32-27(8-10-30(43-32)50-2)46(25)33(49)52-13-5-4-6-31(47)48)45(29-9-7-26(20-42-29)44-11-14-51-15-12-44)21-22-16-23(34(36,37)38)18-24(17-22)35(39,40)41/h7-10,16-18,20,25,28H,3-6,11-15,19,21H2,1-2H3,(H,47,48)/t25-,28?/m1/s1. The molecule has 3 aromatic rings. The summed E-state index contributed by atoms with van der Waals surface area (Å²) in [6, 6.07) is 6.69. The maximum Gasteiger partial charge on any atom is 0.416 e. The molecule has 11 nitrogen and oxygen atoms in total. The van der Waals surface area contributed by atoms with Gasteiger partial charge in [0.05, 0.1) is 67.4 Å². The van der Waals surface area contributed by atoms with E-state index < -0.39 is 54.2 Å². The van der Waals surface area contributed by atoms with Crippen molar-refractivity contribution in [3.8, 4) is 5.88 Å². The lowest BCUT2D eigenvalue weighted by molar-refractivity contribution is -0.143. The highest BCUT2D eigenvalue weighted by Crippen LogP contribution is 2.44. The van der Waals surface area contributed by atoms with Gasteiger partial charge in [0.15, 0.2) is 0 Å². The highest BCUT2D eigenvalue weighted by molar-refractivity contribution is 5.90. The minimum Gasteiger partial charge on any atom is -0.481 e. The van der Waals surface area contributed by atoms with Gasteiger partial charge in [0.25, 0.3) is 0 Å².